The molecule has 0 bridgehead atoms. The Kier molecular flexibility index (Phi) is 3.91. The third-order valence-electron chi connectivity index (χ3n) is 3.98. The first-order chi connectivity index (χ1) is 7.73. The minimum atomic E-state index is -3.53. The van der Waals surface area contributed by atoms with Crippen molar-refractivity contribution in [2.24, 2.45) is 5.41 Å². The molecule has 1 rings (SSSR count). The van der Waals surface area contributed by atoms with Crippen molar-refractivity contribution >= 4 is 15.8 Å². The number of aliphatic carboxylic acids is 1. The summed E-state index contributed by atoms with van der Waals surface area (Å²) < 4.78 is 21.9. The van der Waals surface area contributed by atoms with Gasteiger partial charge in [-0.2, -0.15) is 0 Å². The molecule has 1 aliphatic rings. The first-order valence-corrected chi connectivity index (χ1v) is 8.05. The van der Waals surface area contributed by atoms with Gasteiger partial charge in [0.15, 0.2) is 14.6 Å². The average molecular weight is 262 g/mol. The molecule has 0 unspecified atom stereocenters. The number of hydrogen-bond donors (Lipinski definition) is 1. The Morgan fingerprint density at radius 1 is 1.18 bits per heavy atom. The van der Waals surface area contributed by atoms with Crippen molar-refractivity contribution in [3.63, 3.8) is 0 Å². The Balaban J connectivity index is 2.96. The summed E-state index contributed by atoms with van der Waals surface area (Å²) in [5, 5.41) is 9.21. The maximum atomic E-state index is 11.7. The largest absolute Gasteiger partial charge is 0.480 e. The lowest BCUT2D eigenvalue weighted by atomic mass is 9.57. The summed E-state index contributed by atoms with van der Waals surface area (Å²) in [6, 6.07) is 0. The zero-order valence-electron chi connectivity index (χ0n) is 10.8. The summed E-state index contributed by atoms with van der Waals surface area (Å²) >= 11 is 0. The van der Waals surface area contributed by atoms with Crippen LogP contribution in [0.15, 0.2) is 0 Å². The van der Waals surface area contributed by atoms with Crippen LogP contribution < -0.4 is 0 Å². The van der Waals surface area contributed by atoms with Crippen molar-refractivity contribution in [1.29, 1.82) is 0 Å². The standard InChI is InChI=1S/C12H22O4S/c1-4-6-11(7-5-2)8-12(9-11,10(13)14)17(3,15)16/h4-9H2,1-3H3,(H,13,14). The molecule has 0 aromatic carbocycles. The highest BCUT2D eigenvalue weighted by Crippen LogP contribution is 2.57. The fraction of sp³-hybridized carbons (Fsp3) is 0.917. The van der Waals surface area contributed by atoms with E-state index in [0.717, 1.165) is 31.9 Å². The van der Waals surface area contributed by atoms with E-state index in [4.69, 9.17) is 0 Å². The van der Waals surface area contributed by atoms with Gasteiger partial charge in [0.05, 0.1) is 0 Å². The average Bonchev–Trinajstić information content (AvgIpc) is 2.10. The van der Waals surface area contributed by atoms with Crippen molar-refractivity contribution < 1.29 is 18.3 Å². The SMILES string of the molecule is CCCC1(CCC)CC(C(=O)O)(S(C)(=O)=O)C1. The van der Waals surface area contributed by atoms with E-state index in [1.807, 2.05) is 0 Å². The summed E-state index contributed by atoms with van der Waals surface area (Å²) in [5.41, 5.74) is -0.0645. The maximum Gasteiger partial charge on any atom is 0.325 e. The van der Waals surface area contributed by atoms with Crippen molar-refractivity contribution in [3.05, 3.63) is 0 Å². The van der Waals surface area contributed by atoms with E-state index in [-0.39, 0.29) is 18.3 Å². The van der Waals surface area contributed by atoms with Gasteiger partial charge in [0.1, 0.15) is 0 Å². The number of hydrogen-bond acceptors (Lipinski definition) is 3. The summed E-state index contributed by atoms with van der Waals surface area (Å²) in [6.07, 6.45) is 5.41. The van der Waals surface area contributed by atoms with Gasteiger partial charge in [0.25, 0.3) is 0 Å². The van der Waals surface area contributed by atoms with Crippen LogP contribution in [-0.4, -0.2) is 30.5 Å². The van der Waals surface area contributed by atoms with E-state index >= 15 is 0 Å². The second kappa shape index (κ2) is 4.59. The van der Waals surface area contributed by atoms with E-state index in [0.29, 0.717) is 0 Å². The molecule has 0 amide bonds. The molecule has 0 radical (unpaired) electrons. The Bertz CT molecular complexity index is 383. The second-order valence-corrected chi connectivity index (χ2v) is 7.75. The minimum Gasteiger partial charge on any atom is -0.480 e. The summed E-state index contributed by atoms with van der Waals surface area (Å²) in [5.74, 6) is -1.18. The summed E-state index contributed by atoms with van der Waals surface area (Å²) in [7, 11) is -3.53. The van der Waals surface area contributed by atoms with E-state index < -0.39 is 20.6 Å². The van der Waals surface area contributed by atoms with Gasteiger partial charge in [-0.25, -0.2) is 8.42 Å². The first-order valence-electron chi connectivity index (χ1n) is 6.16. The van der Waals surface area contributed by atoms with Crippen LogP contribution in [0.1, 0.15) is 52.4 Å². The molecule has 0 aromatic rings. The van der Waals surface area contributed by atoms with Gasteiger partial charge in [-0.05, 0) is 31.1 Å². The van der Waals surface area contributed by atoms with E-state index in [9.17, 15) is 18.3 Å². The van der Waals surface area contributed by atoms with E-state index in [2.05, 4.69) is 13.8 Å². The number of carboxylic acid groups (broad SMARTS) is 1. The van der Waals surface area contributed by atoms with E-state index in [1.165, 1.54) is 0 Å². The second-order valence-electron chi connectivity index (χ2n) is 5.43. The lowest BCUT2D eigenvalue weighted by Gasteiger charge is -2.53. The zero-order chi connectivity index (χ0) is 13.3. The molecule has 4 nitrogen and oxygen atoms in total. The molecule has 1 aliphatic carbocycles. The number of carboxylic acids is 1. The van der Waals surface area contributed by atoms with Crippen molar-refractivity contribution in [2.75, 3.05) is 6.26 Å². The Labute approximate surface area is 103 Å². The summed E-state index contributed by atoms with van der Waals surface area (Å²) in [6.45, 7) is 4.11. The fourth-order valence-corrected chi connectivity index (χ4v) is 4.72. The molecule has 100 valence electrons. The summed E-state index contributed by atoms with van der Waals surface area (Å²) in [4.78, 5) is 11.3. The number of carbonyl (C=O) groups is 1. The molecule has 0 spiro atoms. The third kappa shape index (κ3) is 2.34. The highest BCUT2D eigenvalue weighted by Gasteiger charge is 2.63. The van der Waals surface area contributed by atoms with Crippen LogP contribution in [0.4, 0.5) is 0 Å². The van der Waals surface area contributed by atoms with Gasteiger partial charge in [-0.15, -0.1) is 0 Å². The molecule has 0 aliphatic heterocycles. The molecule has 1 fully saturated rings. The fourth-order valence-electron chi connectivity index (χ4n) is 3.27. The Morgan fingerprint density at radius 3 is 1.82 bits per heavy atom. The van der Waals surface area contributed by atoms with Crippen molar-refractivity contribution in [3.8, 4) is 0 Å². The Hall–Kier alpha value is -0.580. The van der Waals surface area contributed by atoms with E-state index in [1.54, 1.807) is 0 Å². The quantitative estimate of drug-likeness (QED) is 0.796. The number of rotatable bonds is 6. The molecule has 5 heteroatoms. The van der Waals surface area contributed by atoms with Gasteiger partial charge in [-0.1, -0.05) is 26.7 Å². The smallest absolute Gasteiger partial charge is 0.325 e. The van der Waals surface area contributed by atoms with Crippen LogP contribution in [-0.2, 0) is 14.6 Å². The van der Waals surface area contributed by atoms with Crippen LogP contribution in [0, 0.1) is 5.41 Å². The first kappa shape index (κ1) is 14.5. The molecular formula is C12H22O4S. The van der Waals surface area contributed by atoms with Crippen LogP contribution in [0.25, 0.3) is 0 Å². The van der Waals surface area contributed by atoms with Gasteiger partial charge in [-0.3, -0.25) is 4.79 Å². The number of sulfone groups is 1. The molecule has 1 N–H and O–H groups in total. The molecule has 0 aromatic heterocycles. The van der Waals surface area contributed by atoms with Gasteiger partial charge in [0, 0.05) is 6.26 Å². The van der Waals surface area contributed by atoms with Crippen LogP contribution in [0.5, 0.6) is 0 Å². The molecular weight excluding hydrogens is 240 g/mol. The van der Waals surface area contributed by atoms with Gasteiger partial charge in [0.2, 0.25) is 0 Å². The van der Waals surface area contributed by atoms with Gasteiger partial charge >= 0.3 is 5.97 Å². The zero-order valence-corrected chi connectivity index (χ0v) is 11.6. The highest BCUT2D eigenvalue weighted by molar-refractivity contribution is 7.93. The predicted octanol–water partition coefficient (Wildman–Crippen LogP) is 2.23. The molecule has 0 atom stereocenters. The topological polar surface area (TPSA) is 71.4 Å². The van der Waals surface area contributed by atoms with Gasteiger partial charge < -0.3 is 5.11 Å². The molecule has 0 saturated heterocycles. The highest BCUT2D eigenvalue weighted by atomic mass is 32.2. The minimum absolute atomic E-state index is 0.0645. The van der Waals surface area contributed by atoms with Crippen LogP contribution >= 0.6 is 0 Å². The Morgan fingerprint density at radius 2 is 1.59 bits per heavy atom. The van der Waals surface area contributed by atoms with Crippen LogP contribution in [0.2, 0.25) is 0 Å². The lowest BCUT2D eigenvalue weighted by Crippen LogP contribution is -2.61. The maximum absolute atomic E-state index is 11.7. The third-order valence-corrected chi connectivity index (χ3v) is 5.86. The van der Waals surface area contributed by atoms with Crippen molar-refractivity contribution in [2.45, 2.75) is 57.1 Å². The van der Waals surface area contributed by atoms with Crippen LogP contribution in [0.3, 0.4) is 0 Å². The monoisotopic (exact) mass is 262 g/mol. The normalized spacial score (nSPS) is 21.8. The molecule has 0 heterocycles. The van der Waals surface area contributed by atoms with Crippen molar-refractivity contribution in [1.82, 2.24) is 0 Å². The molecule has 1 saturated carbocycles. The molecule has 17 heavy (non-hydrogen) atoms. The lowest BCUT2D eigenvalue weighted by molar-refractivity contribution is -0.147. The predicted molar refractivity (Wildman–Crippen MR) is 66.7 cm³/mol.